The molecule has 6 aromatic rings. The van der Waals surface area contributed by atoms with Gasteiger partial charge in [-0.1, -0.05) is 12.1 Å². The van der Waals surface area contributed by atoms with Gasteiger partial charge in [-0.25, -0.2) is 8.78 Å². The second-order valence-electron chi connectivity index (χ2n) is 18.1. The van der Waals surface area contributed by atoms with E-state index in [1.807, 2.05) is 59.1 Å². The number of aryl methyl sites for hydroxylation is 2. The van der Waals surface area contributed by atoms with Crippen LogP contribution in [-0.4, -0.2) is 90.9 Å². The Labute approximate surface area is 384 Å². The minimum atomic E-state index is -2.72. The van der Waals surface area contributed by atoms with Crippen LogP contribution in [0.25, 0.3) is 22.0 Å². The van der Waals surface area contributed by atoms with E-state index >= 15 is 8.78 Å². The summed E-state index contributed by atoms with van der Waals surface area (Å²) in [6.45, 7) is 4.60. The van der Waals surface area contributed by atoms with Crippen LogP contribution in [0.1, 0.15) is 94.6 Å². The number of pyridine rings is 1. The number of carbonyl (C=O) groups excluding carboxylic acids is 5. The predicted molar refractivity (Wildman–Crippen MR) is 247 cm³/mol. The Hall–Kier alpha value is -7.43. The lowest BCUT2D eigenvalue weighted by atomic mass is 9.91. The highest BCUT2D eigenvalue weighted by Gasteiger charge is 2.46. The van der Waals surface area contributed by atoms with Crippen molar-refractivity contribution in [2.75, 3.05) is 41.3 Å². The number of aromatic nitrogens is 4. The van der Waals surface area contributed by atoms with Crippen molar-refractivity contribution >= 4 is 69.0 Å². The third-order valence-electron chi connectivity index (χ3n) is 14.2. The maximum absolute atomic E-state index is 15.2. The Morgan fingerprint density at radius 1 is 0.881 bits per heavy atom. The number of nitrogens with zero attached hydrogens (tertiary/aromatic N) is 8. The van der Waals surface area contributed by atoms with Crippen LogP contribution >= 0.6 is 0 Å². The molecule has 0 spiro atoms. The normalized spacial score (nSPS) is 18.7. The first-order chi connectivity index (χ1) is 32.4. The second-order valence-corrected chi connectivity index (χ2v) is 18.1. The Morgan fingerprint density at radius 2 is 1.70 bits per heavy atom. The Kier molecular flexibility index (Phi) is 10.4. The van der Waals surface area contributed by atoms with E-state index in [1.165, 1.54) is 0 Å². The molecule has 2 fully saturated rings. The fraction of sp³-hybridized carbons (Fsp3) is 0.340. The molecule has 0 radical (unpaired) electrons. The summed E-state index contributed by atoms with van der Waals surface area (Å²) in [6.07, 6.45) is 6.49. The van der Waals surface area contributed by atoms with E-state index in [1.54, 1.807) is 43.6 Å². The monoisotopic (exact) mass is 906 g/mol. The minimum absolute atomic E-state index is 0.0198. The first-order valence-corrected chi connectivity index (χ1v) is 22.9. The van der Waals surface area contributed by atoms with Gasteiger partial charge in [-0.3, -0.25) is 43.9 Å². The molecule has 2 N–H and O–H groups in total. The summed E-state index contributed by atoms with van der Waals surface area (Å²) in [6, 6.07) is 17.3. The van der Waals surface area contributed by atoms with Crippen molar-refractivity contribution in [2.24, 2.45) is 7.05 Å². The van der Waals surface area contributed by atoms with Crippen LogP contribution in [0, 0.1) is 0 Å². The van der Waals surface area contributed by atoms with Gasteiger partial charge >= 0.3 is 0 Å². The number of imide groups is 2. The lowest BCUT2D eigenvalue weighted by Crippen LogP contribution is -2.54. The Bertz CT molecular complexity index is 3060. The van der Waals surface area contributed by atoms with Crippen LogP contribution in [0.15, 0.2) is 79.3 Å². The van der Waals surface area contributed by atoms with E-state index in [-0.39, 0.29) is 41.5 Å². The maximum atomic E-state index is 15.2. The van der Waals surface area contributed by atoms with E-state index in [0.29, 0.717) is 43.0 Å². The first kappa shape index (κ1) is 42.2. The summed E-state index contributed by atoms with van der Waals surface area (Å²) < 4.78 is 34.4. The van der Waals surface area contributed by atoms with Crippen molar-refractivity contribution < 1.29 is 32.8 Å². The number of alkyl halides is 2. The van der Waals surface area contributed by atoms with Gasteiger partial charge in [-0.15, -0.1) is 0 Å². The first-order valence-electron chi connectivity index (χ1n) is 22.9. The number of hydrogen-bond donors (Lipinski definition) is 2. The predicted octanol–water partition coefficient (Wildman–Crippen LogP) is 7.35. The molecule has 2 saturated heterocycles. The van der Waals surface area contributed by atoms with Crippen molar-refractivity contribution in [3.05, 3.63) is 113 Å². The highest BCUT2D eigenvalue weighted by molar-refractivity contribution is 6.25. The van der Waals surface area contributed by atoms with Crippen LogP contribution in [0.3, 0.4) is 0 Å². The van der Waals surface area contributed by atoms with Crippen molar-refractivity contribution in [1.82, 2.24) is 34.4 Å². The molecule has 11 rings (SSSR count). The quantitative estimate of drug-likeness (QED) is 0.148. The molecule has 0 aliphatic carbocycles. The molecule has 15 nitrogen and oxygen atoms in total. The molecule has 5 amide bonds. The average molecular weight is 907 g/mol. The van der Waals surface area contributed by atoms with Gasteiger partial charge in [-0.2, -0.15) is 5.10 Å². The third-order valence-corrected chi connectivity index (χ3v) is 14.2. The summed E-state index contributed by atoms with van der Waals surface area (Å²) in [5.74, 6) is -1.54. The van der Waals surface area contributed by atoms with Crippen LogP contribution in [0.5, 0.6) is 0 Å². The summed E-state index contributed by atoms with van der Waals surface area (Å²) in [5, 5.41) is 11.8. The molecule has 67 heavy (non-hydrogen) atoms. The molecule has 8 heterocycles. The maximum Gasteiger partial charge on any atom is 0.264 e. The Morgan fingerprint density at radius 3 is 2.49 bits per heavy atom. The fourth-order valence-electron chi connectivity index (χ4n) is 10.9. The largest absolute Gasteiger partial charge is 0.371 e. The zero-order valence-electron chi connectivity index (χ0n) is 37.1. The molecular weight excluding hydrogens is 859 g/mol. The second kappa shape index (κ2) is 16.5. The Balaban J connectivity index is 0.851. The van der Waals surface area contributed by atoms with E-state index < -0.39 is 36.1 Å². The van der Waals surface area contributed by atoms with E-state index in [2.05, 4.69) is 30.1 Å². The van der Waals surface area contributed by atoms with Crippen LogP contribution in [0.2, 0.25) is 0 Å². The molecule has 0 bridgehead atoms. The SMILES string of the molecule is CC(=O)N1CCc2c(c(N3CCCc4cc(-c5cn(C)c6ccncc56)c(C(F)F)cc43)nn2C2CCN(c3cccc(Nc4cccc5c4C(=O)N(C4CCC(=O)NC4=O)C5=O)c3)CC2)C1. The van der Waals surface area contributed by atoms with Gasteiger partial charge in [0, 0.05) is 116 Å². The van der Waals surface area contributed by atoms with Crippen molar-refractivity contribution in [2.45, 2.75) is 76.9 Å². The van der Waals surface area contributed by atoms with Gasteiger partial charge in [0.05, 0.1) is 34.9 Å². The minimum Gasteiger partial charge on any atom is -0.371 e. The average Bonchev–Trinajstić information content (AvgIpc) is 3.97. The number of anilines is 5. The fourth-order valence-corrected chi connectivity index (χ4v) is 10.9. The number of piperidine rings is 2. The summed E-state index contributed by atoms with van der Waals surface area (Å²) in [7, 11) is 1.91. The lowest BCUT2D eigenvalue weighted by Gasteiger charge is -2.35. The number of benzene rings is 3. The number of rotatable bonds is 8. The molecule has 1 unspecified atom stereocenters. The molecule has 3 aromatic heterocycles. The van der Waals surface area contributed by atoms with Crippen molar-refractivity contribution in [3.8, 4) is 11.1 Å². The number of amides is 5. The molecule has 5 aliphatic rings. The van der Waals surface area contributed by atoms with Gasteiger partial charge in [-0.05, 0) is 91.8 Å². The van der Waals surface area contributed by atoms with Crippen LogP contribution < -0.4 is 20.4 Å². The van der Waals surface area contributed by atoms with Crippen LogP contribution in [0.4, 0.5) is 37.3 Å². The molecule has 1 atom stereocenters. The molecule has 0 saturated carbocycles. The topological polar surface area (TPSA) is 158 Å². The van der Waals surface area contributed by atoms with Crippen LogP contribution in [-0.2, 0) is 40.8 Å². The smallest absolute Gasteiger partial charge is 0.264 e. The van der Waals surface area contributed by atoms with Crippen molar-refractivity contribution in [1.29, 1.82) is 0 Å². The van der Waals surface area contributed by atoms with Gasteiger partial charge in [0.25, 0.3) is 18.2 Å². The number of nitrogens with one attached hydrogen (secondary N) is 2. The zero-order chi connectivity index (χ0) is 46.2. The molecule has 342 valence electrons. The number of carbonyl (C=O) groups is 5. The van der Waals surface area contributed by atoms with Gasteiger partial charge in [0.1, 0.15) is 6.04 Å². The van der Waals surface area contributed by atoms with Gasteiger partial charge in [0.2, 0.25) is 17.7 Å². The third kappa shape index (κ3) is 7.18. The standard InChI is InChI=1S/C50H48F2N10O5/c1-28(63)59-21-16-41-38(27-59)47(60-18-5-6-29-22-34(35(46(51)52)24-43(29)60)37-26-57(2)40-13-17-53-25-36(37)40)56-62(41)31-14-19-58(20-15-31)32-8-3-7-30(23-32)54-39-10-4-9-33-45(39)50(67)61(49(33)66)42-11-12-44(64)55-48(42)65/h3-4,7-10,13,17,22-26,31,42,46,54H,5-6,11-12,14-16,18-21,27H2,1-2H3,(H,55,64,65). The van der Waals surface area contributed by atoms with Gasteiger partial charge in [0.15, 0.2) is 5.82 Å². The lowest BCUT2D eigenvalue weighted by molar-refractivity contribution is -0.136. The highest BCUT2D eigenvalue weighted by atomic mass is 19.3. The van der Waals surface area contributed by atoms with Crippen molar-refractivity contribution in [3.63, 3.8) is 0 Å². The molecular formula is C50H48F2N10O5. The van der Waals surface area contributed by atoms with E-state index in [4.69, 9.17) is 5.10 Å². The van der Waals surface area contributed by atoms with Gasteiger partial charge < -0.3 is 24.6 Å². The highest BCUT2D eigenvalue weighted by Crippen LogP contribution is 2.45. The summed E-state index contributed by atoms with van der Waals surface area (Å²) in [5.41, 5.74) is 8.36. The molecule has 3 aromatic carbocycles. The summed E-state index contributed by atoms with van der Waals surface area (Å²) >= 11 is 0. The number of fused-ring (bicyclic) bond motifs is 4. The molecule has 5 aliphatic heterocycles. The van der Waals surface area contributed by atoms with E-state index in [9.17, 15) is 24.0 Å². The number of hydrogen-bond acceptors (Lipinski definition) is 10. The molecule has 17 heteroatoms. The zero-order valence-corrected chi connectivity index (χ0v) is 37.1. The number of halogens is 2. The van der Waals surface area contributed by atoms with E-state index in [0.717, 1.165) is 94.2 Å². The summed E-state index contributed by atoms with van der Waals surface area (Å²) in [4.78, 5) is 76.0.